The maximum atomic E-state index is 11.8. The molecule has 0 atom stereocenters. The van der Waals surface area contributed by atoms with Gasteiger partial charge in [-0.15, -0.1) is 0 Å². The number of benzene rings is 1. The number of fused-ring (bicyclic) bond motifs is 1. The Labute approximate surface area is 102 Å². The van der Waals surface area contributed by atoms with Gasteiger partial charge >= 0.3 is 5.97 Å². The highest BCUT2D eigenvalue weighted by molar-refractivity contribution is 6.00. The molecular formula is C15H18O2. The van der Waals surface area contributed by atoms with Crippen LogP contribution in [0.2, 0.25) is 0 Å². The van der Waals surface area contributed by atoms with Crippen molar-refractivity contribution in [2.75, 3.05) is 6.61 Å². The van der Waals surface area contributed by atoms with Gasteiger partial charge in [-0.1, -0.05) is 17.7 Å². The van der Waals surface area contributed by atoms with Crippen LogP contribution < -0.4 is 0 Å². The normalized spacial score (nSPS) is 13.9. The van der Waals surface area contributed by atoms with Crippen LogP contribution in [0.1, 0.15) is 36.1 Å². The molecule has 0 saturated heterocycles. The number of allylic oxidation sites excluding steroid dienone is 1. The minimum absolute atomic E-state index is 0.168. The zero-order valence-corrected chi connectivity index (χ0v) is 10.9. The number of carbonyl (C=O) groups excluding carboxylic acids is 1. The van der Waals surface area contributed by atoms with Crippen LogP contribution in [0.15, 0.2) is 17.7 Å². The van der Waals surface area contributed by atoms with Crippen LogP contribution >= 0.6 is 0 Å². The quantitative estimate of drug-likeness (QED) is 0.729. The molecule has 0 fully saturated rings. The van der Waals surface area contributed by atoms with Gasteiger partial charge in [-0.3, -0.25) is 0 Å². The van der Waals surface area contributed by atoms with Crippen molar-refractivity contribution in [3.8, 4) is 0 Å². The fraction of sp³-hybridized carbons (Fsp3) is 0.400. The van der Waals surface area contributed by atoms with Gasteiger partial charge in [0.15, 0.2) is 0 Å². The van der Waals surface area contributed by atoms with Gasteiger partial charge in [0.2, 0.25) is 0 Å². The van der Waals surface area contributed by atoms with Crippen molar-refractivity contribution in [2.45, 2.75) is 34.1 Å². The van der Waals surface area contributed by atoms with E-state index in [2.05, 4.69) is 26.0 Å². The largest absolute Gasteiger partial charge is 0.463 e. The number of hydrogen-bond acceptors (Lipinski definition) is 2. The summed E-state index contributed by atoms with van der Waals surface area (Å²) >= 11 is 0. The molecule has 0 bridgehead atoms. The van der Waals surface area contributed by atoms with E-state index in [1.165, 1.54) is 22.3 Å². The molecular weight excluding hydrogens is 212 g/mol. The van der Waals surface area contributed by atoms with Gasteiger partial charge in [0.05, 0.1) is 6.61 Å². The molecule has 0 spiro atoms. The molecule has 1 aromatic rings. The Bertz CT molecular complexity index is 510. The molecule has 0 heterocycles. The Balaban J connectivity index is 2.44. The fourth-order valence-corrected chi connectivity index (χ4v) is 2.48. The van der Waals surface area contributed by atoms with Crippen LogP contribution in [0.5, 0.6) is 0 Å². The predicted molar refractivity (Wildman–Crippen MR) is 68.8 cm³/mol. The van der Waals surface area contributed by atoms with Gasteiger partial charge in [-0.25, -0.2) is 4.79 Å². The van der Waals surface area contributed by atoms with E-state index in [1.807, 2.05) is 13.8 Å². The molecule has 90 valence electrons. The van der Waals surface area contributed by atoms with Crippen LogP contribution in [0, 0.1) is 13.8 Å². The number of aryl methyl sites for hydroxylation is 2. The average molecular weight is 230 g/mol. The van der Waals surface area contributed by atoms with Gasteiger partial charge in [0.1, 0.15) is 0 Å². The Morgan fingerprint density at radius 3 is 2.65 bits per heavy atom. The van der Waals surface area contributed by atoms with Gasteiger partial charge < -0.3 is 4.74 Å². The van der Waals surface area contributed by atoms with E-state index >= 15 is 0 Å². The lowest BCUT2D eigenvalue weighted by atomic mass is 9.99. The molecule has 0 aliphatic heterocycles. The van der Waals surface area contributed by atoms with Crippen LogP contribution in [-0.4, -0.2) is 12.6 Å². The summed E-state index contributed by atoms with van der Waals surface area (Å²) in [5.74, 6) is -0.168. The smallest absolute Gasteiger partial charge is 0.334 e. The van der Waals surface area contributed by atoms with Crippen molar-refractivity contribution in [3.63, 3.8) is 0 Å². The molecule has 0 unspecified atom stereocenters. The summed E-state index contributed by atoms with van der Waals surface area (Å²) in [6, 6.07) is 4.32. The number of carbonyl (C=O) groups is 1. The lowest BCUT2D eigenvalue weighted by Crippen LogP contribution is -2.08. The molecule has 2 nitrogen and oxygen atoms in total. The molecule has 2 rings (SSSR count). The Morgan fingerprint density at radius 2 is 2.00 bits per heavy atom. The Hall–Kier alpha value is -1.57. The third-order valence-electron chi connectivity index (χ3n) is 3.35. The van der Waals surface area contributed by atoms with E-state index in [0.717, 1.165) is 11.1 Å². The Morgan fingerprint density at radius 1 is 1.29 bits per heavy atom. The molecule has 1 aliphatic rings. The minimum atomic E-state index is -0.168. The van der Waals surface area contributed by atoms with Crippen molar-refractivity contribution < 1.29 is 9.53 Å². The van der Waals surface area contributed by atoms with Gasteiger partial charge in [0.25, 0.3) is 0 Å². The monoisotopic (exact) mass is 230 g/mol. The SMILES string of the molecule is CCOC(=O)C1=C(C)c2cc(C)cc(C)c2C1. The van der Waals surface area contributed by atoms with Crippen molar-refractivity contribution in [2.24, 2.45) is 0 Å². The summed E-state index contributed by atoms with van der Waals surface area (Å²) in [5.41, 5.74) is 6.88. The molecule has 17 heavy (non-hydrogen) atoms. The van der Waals surface area contributed by atoms with Crippen LogP contribution in [0.25, 0.3) is 5.57 Å². The second-order valence-electron chi connectivity index (χ2n) is 4.61. The summed E-state index contributed by atoms with van der Waals surface area (Å²) in [4.78, 5) is 11.8. The topological polar surface area (TPSA) is 26.3 Å². The van der Waals surface area contributed by atoms with E-state index in [9.17, 15) is 4.79 Å². The molecule has 0 radical (unpaired) electrons. The second-order valence-corrected chi connectivity index (χ2v) is 4.61. The Kier molecular flexibility index (Phi) is 3.05. The molecule has 0 amide bonds. The van der Waals surface area contributed by atoms with Crippen LogP contribution in [0.3, 0.4) is 0 Å². The third-order valence-corrected chi connectivity index (χ3v) is 3.35. The molecule has 0 aromatic heterocycles. The third kappa shape index (κ3) is 1.99. The highest BCUT2D eigenvalue weighted by Crippen LogP contribution is 2.35. The second kappa shape index (κ2) is 4.36. The van der Waals surface area contributed by atoms with E-state index in [-0.39, 0.29) is 5.97 Å². The van der Waals surface area contributed by atoms with Crippen molar-refractivity contribution in [1.82, 2.24) is 0 Å². The summed E-state index contributed by atoms with van der Waals surface area (Å²) in [5, 5.41) is 0. The molecule has 0 saturated carbocycles. The summed E-state index contributed by atoms with van der Waals surface area (Å²) < 4.78 is 5.10. The highest BCUT2D eigenvalue weighted by atomic mass is 16.5. The molecule has 1 aliphatic carbocycles. The predicted octanol–water partition coefficient (Wildman–Crippen LogP) is 3.20. The number of rotatable bonds is 2. The summed E-state index contributed by atoms with van der Waals surface area (Å²) in [6.45, 7) is 8.47. The summed E-state index contributed by atoms with van der Waals surface area (Å²) in [7, 11) is 0. The number of hydrogen-bond donors (Lipinski definition) is 0. The fourth-order valence-electron chi connectivity index (χ4n) is 2.48. The van der Waals surface area contributed by atoms with E-state index < -0.39 is 0 Å². The van der Waals surface area contributed by atoms with Crippen LogP contribution in [0.4, 0.5) is 0 Å². The first-order valence-corrected chi connectivity index (χ1v) is 6.02. The van der Waals surface area contributed by atoms with E-state index in [1.54, 1.807) is 0 Å². The molecule has 2 heteroatoms. The average Bonchev–Trinajstić information content (AvgIpc) is 2.57. The maximum absolute atomic E-state index is 11.8. The van der Waals surface area contributed by atoms with Crippen molar-refractivity contribution in [3.05, 3.63) is 40.0 Å². The van der Waals surface area contributed by atoms with Crippen molar-refractivity contribution in [1.29, 1.82) is 0 Å². The number of esters is 1. The highest BCUT2D eigenvalue weighted by Gasteiger charge is 2.25. The van der Waals surface area contributed by atoms with Gasteiger partial charge in [-0.2, -0.15) is 0 Å². The van der Waals surface area contributed by atoms with Crippen molar-refractivity contribution >= 4 is 11.5 Å². The molecule has 0 N–H and O–H groups in total. The van der Waals surface area contributed by atoms with E-state index in [4.69, 9.17) is 4.74 Å². The lowest BCUT2D eigenvalue weighted by Gasteiger charge is -2.06. The van der Waals surface area contributed by atoms with Gasteiger partial charge in [-0.05, 0) is 50.0 Å². The standard InChI is InChI=1S/C15H18O2/c1-5-17-15(16)14-8-12-10(3)6-9(2)7-13(12)11(14)4/h6-7H,5,8H2,1-4H3. The maximum Gasteiger partial charge on any atom is 0.334 e. The first-order chi connectivity index (χ1) is 8.04. The summed E-state index contributed by atoms with van der Waals surface area (Å²) in [6.07, 6.45) is 0.714. The van der Waals surface area contributed by atoms with Gasteiger partial charge in [0, 0.05) is 12.0 Å². The lowest BCUT2D eigenvalue weighted by molar-refractivity contribution is -0.138. The molecule has 1 aromatic carbocycles. The first-order valence-electron chi connectivity index (χ1n) is 6.02. The van der Waals surface area contributed by atoms with Crippen LogP contribution in [-0.2, 0) is 16.0 Å². The zero-order chi connectivity index (χ0) is 12.6. The number of ether oxygens (including phenoxy) is 1. The minimum Gasteiger partial charge on any atom is -0.463 e. The van der Waals surface area contributed by atoms with E-state index in [0.29, 0.717) is 13.0 Å². The first kappa shape index (κ1) is 11.9. The zero-order valence-electron chi connectivity index (χ0n) is 10.9.